The number of carbonyl (C=O) groups is 1. The second kappa shape index (κ2) is 7.28. The van der Waals surface area contributed by atoms with Gasteiger partial charge < -0.3 is 16.0 Å². The Labute approximate surface area is 144 Å². The van der Waals surface area contributed by atoms with Crippen LogP contribution in [0.2, 0.25) is 0 Å². The molecule has 24 heavy (non-hydrogen) atoms. The number of rotatable bonds is 6. The Morgan fingerprint density at radius 1 is 1.46 bits per heavy atom. The highest BCUT2D eigenvalue weighted by molar-refractivity contribution is 5.74. The summed E-state index contributed by atoms with van der Waals surface area (Å²) in [6, 6.07) is 2.59. The van der Waals surface area contributed by atoms with Gasteiger partial charge in [0, 0.05) is 31.1 Å². The Morgan fingerprint density at radius 3 is 3.04 bits per heavy atom. The predicted octanol–water partition coefficient (Wildman–Crippen LogP) is 2.57. The summed E-state index contributed by atoms with van der Waals surface area (Å²) >= 11 is 0. The molecular formula is C18H29N5O. The number of amides is 1. The van der Waals surface area contributed by atoms with Crippen LogP contribution in [0.5, 0.6) is 0 Å². The molecule has 3 rings (SSSR count). The minimum Gasteiger partial charge on any atom is -0.370 e. The Morgan fingerprint density at radius 2 is 2.29 bits per heavy atom. The molecule has 6 nitrogen and oxygen atoms in total. The van der Waals surface area contributed by atoms with Gasteiger partial charge in [0.15, 0.2) is 0 Å². The van der Waals surface area contributed by atoms with Crippen molar-refractivity contribution < 1.29 is 4.79 Å². The summed E-state index contributed by atoms with van der Waals surface area (Å²) in [5.74, 6) is 1.93. The van der Waals surface area contributed by atoms with Gasteiger partial charge in [-0.15, -0.1) is 0 Å². The van der Waals surface area contributed by atoms with E-state index in [0.29, 0.717) is 6.42 Å². The van der Waals surface area contributed by atoms with Crippen LogP contribution in [0.15, 0.2) is 12.1 Å². The van der Waals surface area contributed by atoms with Crippen LogP contribution in [0.25, 0.3) is 5.82 Å². The molecule has 3 heterocycles. The molecule has 1 aromatic heterocycles. The van der Waals surface area contributed by atoms with Crippen molar-refractivity contribution in [2.45, 2.75) is 70.9 Å². The third-order valence-electron chi connectivity index (χ3n) is 4.90. The van der Waals surface area contributed by atoms with E-state index in [4.69, 9.17) is 10.8 Å². The van der Waals surface area contributed by atoms with E-state index in [1.165, 1.54) is 6.42 Å². The normalized spacial score (nSPS) is 23.4. The number of likely N-dealkylation sites (tertiary alicyclic amines) is 1. The summed E-state index contributed by atoms with van der Waals surface area (Å²) in [6.07, 6.45) is 9.27. The Bertz CT molecular complexity index is 621. The van der Waals surface area contributed by atoms with Crippen molar-refractivity contribution >= 4 is 17.5 Å². The zero-order valence-corrected chi connectivity index (χ0v) is 14.8. The molecule has 2 unspecified atom stereocenters. The second-order valence-corrected chi connectivity index (χ2v) is 7.01. The van der Waals surface area contributed by atoms with E-state index in [0.717, 1.165) is 56.0 Å². The summed E-state index contributed by atoms with van der Waals surface area (Å²) < 4.78 is 2.02. The number of unbranched alkanes of at least 4 members (excludes halogenated alkanes) is 1. The first kappa shape index (κ1) is 16.9. The number of hydrogen-bond donors (Lipinski definition) is 2. The fourth-order valence-electron chi connectivity index (χ4n) is 3.72. The number of nitrogens with zero attached hydrogens (tertiary/aromatic N) is 3. The number of primary amides is 1. The minimum absolute atomic E-state index is 0.184. The second-order valence-electron chi connectivity index (χ2n) is 7.01. The number of nitrogens with one attached hydrogen (secondary N) is 1. The lowest BCUT2D eigenvalue weighted by molar-refractivity contribution is -0.119. The molecule has 6 heteroatoms. The number of piperidine rings is 1. The molecule has 2 aliphatic heterocycles. The topological polar surface area (TPSA) is 76.2 Å². The van der Waals surface area contributed by atoms with Crippen LogP contribution in [0, 0.1) is 0 Å². The van der Waals surface area contributed by atoms with Crippen LogP contribution < -0.4 is 11.1 Å². The van der Waals surface area contributed by atoms with Gasteiger partial charge in [0.1, 0.15) is 11.6 Å². The average Bonchev–Trinajstić information content (AvgIpc) is 2.95. The van der Waals surface area contributed by atoms with Crippen molar-refractivity contribution in [3.63, 3.8) is 0 Å². The lowest BCUT2D eigenvalue weighted by atomic mass is 9.98. The van der Waals surface area contributed by atoms with Gasteiger partial charge in [0.2, 0.25) is 5.91 Å². The molecular weight excluding hydrogens is 302 g/mol. The smallest absolute Gasteiger partial charge is 0.219 e. The van der Waals surface area contributed by atoms with Crippen molar-refractivity contribution in [2.24, 2.45) is 5.73 Å². The monoisotopic (exact) mass is 331 g/mol. The largest absolute Gasteiger partial charge is 0.370 e. The third kappa shape index (κ3) is 3.57. The van der Waals surface area contributed by atoms with Gasteiger partial charge in [-0.1, -0.05) is 13.3 Å². The average molecular weight is 331 g/mol. The number of hydrogen-bond acceptors (Lipinski definition) is 4. The number of fused-ring (bicyclic) bond motifs is 1. The molecule has 1 fully saturated rings. The van der Waals surface area contributed by atoms with Crippen LogP contribution in [0.1, 0.15) is 58.1 Å². The van der Waals surface area contributed by atoms with Gasteiger partial charge in [-0.2, -0.15) is 5.10 Å². The van der Waals surface area contributed by atoms with Crippen LogP contribution >= 0.6 is 0 Å². The zero-order valence-electron chi connectivity index (χ0n) is 14.8. The van der Waals surface area contributed by atoms with E-state index >= 15 is 0 Å². The summed E-state index contributed by atoms with van der Waals surface area (Å²) in [4.78, 5) is 13.8. The SMILES string of the molecule is CCCCc1cc2n(n1)C(N1CCCCC1CC(N)=O)=CC(C)N2. The molecule has 0 bridgehead atoms. The highest BCUT2D eigenvalue weighted by atomic mass is 16.1. The molecule has 1 amide bonds. The first-order valence-corrected chi connectivity index (χ1v) is 9.21. The van der Waals surface area contributed by atoms with E-state index < -0.39 is 0 Å². The van der Waals surface area contributed by atoms with Crippen LogP contribution in [0.3, 0.4) is 0 Å². The maximum Gasteiger partial charge on any atom is 0.219 e. The molecule has 0 aromatic carbocycles. The fourth-order valence-corrected chi connectivity index (χ4v) is 3.72. The summed E-state index contributed by atoms with van der Waals surface area (Å²) in [5, 5.41) is 8.31. The summed E-state index contributed by atoms with van der Waals surface area (Å²) in [6.45, 7) is 5.30. The minimum atomic E-state index is -0.223. The van der Waals surface area contributed by atoms with Crippen LogP contribution in [0.4, 0.5) is 5.82 Å². The van der Waals surface area contributed by atoms with Crippen LogP contribution in [-0.4, -0.2) is 39.2 Å². The van der Waals surface area contributed by atoms with E-state index in [2.05, 4.69) is 36.2 Å². The Hall–Kier alpha value is -1.98. The van der Waals surface area contributed by atoms with Gasteiger partial charge in [0.05, 0.1) is 5.69 Å². The molecule has 0 aliphatic carbocycles. The number of nitrogens with two attached hydrogens (primary N) is 1. The zero-order chi connectivity index (χ0) is 17.1. The van der Waals surface area contributed by atoms with Gasteiger partial charge in [-0.3, -0.25) is 4.79 Å². The van der Waals surface area contributed by atoms with Crippen molar-refractivity contribution in [3.8, 4) is 0 Å². The lowest BCUT2D eigenvalue weighted by Gasteiger charge is -2.40. The number of anilines is 1. The standard InChI is InChI=1S/C18H29N5O/c1-3-4-7-14-11-17-20-13(2)10-18(23(17)21-14)22-9-6-5-8-15(22)12-16(19)24/h10-11,13,15,20H,3-9,12H2,1-2H3,(H2,19,24). The Kier molecular flexibility index (Phi) is 5.11. The Balaban J connectivity index is 1.88. The van der Waals surface area contributed by atoms with E-state index in [1.54, 1.807) is 0 Å². The van der Waals surface area contributed by atoms with Crippen molar-refractivity contribution in [1.29, 1.82) is 0 Å². The number of carbonyl (C=O) groups excluding carboxylic acids is 1. The van der Waals surface area contributed by atoms with Gasteiger partial charge in [-0.05, 0) is 45.1 Å². The fraction of sp³-hybridized carbons (Fsp3) is 0.667. The summed E-state index contributed by atoms with van der Waals surface area (Å²) in [7, 11) is 0. The molecule has 0 saturated carbocycles. The first-order chi connectivity index (χ1) is 11.6. The first-order valence-electron chi connectivity index (χ1n) is 9.21. The quantitative estimate of drug-likeness (QED) is 0.840. The third-order valence-corrected chi connectivity index (χ3v) is 4.90. The highest BCUT2D eigenvalue weighted by Gasteiger charge is 2.30. The molecule has 2 atom stereocenters. The molecule has 1 saturated heterocycles. The highest BCUT2D eigenvalue weighted by Crippen LogP contribution is 2.31. The summed E-state index contributed by atoms with van der Waals surface area (Å²) in [5.41, 5.74) is 6.60. The molecule has 132 valence electrons. The van der Waals surface area contributed by atoms with Crippen LogP contribution in [-0.2, 0) is 11.2 Å². The molecule has 0 spiro atoms. The van der Waals surface area contributed by atoms with E-state index in [1.807, 2.05) is 4.68 Å². The molecule has 0 radical (unpaired) electrons. The lowest BCUT2D eigenvalue weighted by Crippen LogP contribution is -2.43. The number of aromatic nitrogens is 2. The van der Waals surface area contributed by atoms with E-state index in [-0.39, 0.29) is 18.0 Å². The van der Waals surface area contributed by atoms with Crippen molar-refractivity contribution in [3.05, 3.63) is 17.8 Å². The van der Waals surface area contributed by atoms with Gasteiger partial charge in [0.25, 0.3) is 0 Å². The molecule has 2 aliphatic rings. The van der Waals surface area contributed by atoms with Crippen molar-refractivity contribution in [1.82, 2.24) is 14.7 Å². The van der Waals surface area contributed by atoms with Crippen molar-refractivity contribution in [2.75, 3.05) is 11.9 Å². The van der Waals surface area contributed by atoms with E-state index in [9.17, 15) is 4.79 Å². The molecule has 3 N–H and O–H groups in total. The van der Waals surface area contributed by atoms with Gasteiger partial charge >= 0.3 is 0 Å². The predicted molar refractivity (Wildman–Crippen MR) is 96.4 cm³/mol. The van der Waals surface area contributed by atoms with Gasteiger partial charge in [-0.25, -0.2) is 4.68 Å². The maximum atomic E-state index is 11.5. The maximum absolute atomic E-state index is 11.5. The number of aryl methyl sites for hydroxylation is 1. The molecule has 1 aromatic rings.